The molecule has 0 saturated carbocycles. The van der Waals surface area contributed by atoms with Gasteiger partial charge in [-0.25, -0.2) is 0 Å². The third-order valence-electron chi connectivity index (χ3n) is 6.67. The molecular weight excluding hydrogens is 510 g/mol. The predicted molar refractivity (Wildman–Crippen MR) is 121 cm³/mol. The summed E-state index contributed by atoms with van der Waals surface area (Å²) in [4.78, 5) is 0. The number of rotatable bonds is 3. The Morgan fingerprint density at radius 2 is 1.22 bits per heavy atom. The molecule has 3 heteroatoms. The smallest absolute Gasteiger partial charge is 1.00 e. The molecule has 0 amide bonds. The van der Waals surface area contributed by atoms with Crippen molar-refractivity contribution in [1.29, 1.82) is 0 Å². The Balaban J connectivity index is 0.000000963. The molecule has 0 nitrogen and oxygen atoms in total. The quantitative estimate of drug-likeness (QED) is 0.300. The second-order valence-electron chi connectivity index (χ2n) is 8.20. The molecule has 0 N–H and O–H groups in total. The molecule has 4 aromatic rings. The molecule has 0 bridgehead atoms. The molecule has 0 fully saturated rings. The maximum Gasteiger partial charge on any atom is 3.00 e. The van der Waals surface area contributed by atoms with Crippen molar-refractivity contribution < 1.29 is 51.0 Å². The SMILES string of the molecule is CC[C-](c1ccc2c(c1)Cc1ccccc1-2)c1cccc2c1Cc1ccccc1-2.[Cl-].[Cl-].[Zr+3]. The molecule has 2 aliphatic rings. The van der Waals surface area contributed by atoms with E-state index in [-0.39, 0.29) is 51.0 Å². The zero-order valence-corrected chi connectivity index (χ0v) is 21.9. The molecule has 0 unspecified atom stereocenters. The third-order valence-corrected chi connectivity index (χ3v) is 6.67. The van der Waals surface area contributed by atoms with E-state index in [0.29, 0.717) is 0 Å². The fourth-order valence-electron chi connectivity index (χ4n) is 5.32. The van der Waals surface area contributed by atoms with Gasteiger partial charge in [0.15, 0.2) is 0 Å². The van der Waals surface area contributed by atoms with E-state index in [0.717, 1.165) is 19.3 Å². The van der Waals surface area contributed by atoms with Gasteiger partial charge in [0.1, 0.15) is 0 Å². The topological polar surface area (TPSA) is 0 Å². The van der Waals surface area contributed by atoms with Crippen molar-refractivity contribution in [3.05, 3.63) is 124 Å². The van der Waals surface area contributed by atoms with E-state index in [1.54, 1.807) is 0 Å². The number of hydrogen-bond donors (Lipinski definition) is 0. The van der Waals surface area contributed by atoms with Crippen LogP contribution in [0.4, 0.5) is 0 Å². The average molecular weight is 534 g/mol. The monoisotopic (exact) mass is 531 g/mol. The fourth-order valence-corrected chi connectivity index (χ4v) is 5.32. The first-order valence-electron chi connectivity index (χ1n) is 10.6. The van der Waals surface area contributed by atoms with Gasteiger partial charge in [0, 0.05) is 0 Å². The Morgan fingerprint density at radius 3 is 1.94 bits per heavy atom. The summed E-state index contributed by atoms with van der Waals surface area (Å²) in [6.45, 7) is 2.29. The van der Waals surface area contributed by atoms with Crippen LogP contribution >= 0.6 is 0 Å². The van der Waals surface area contributed by atoms with Gasteiger partial charge in [-0.2, -0.15) is 0 Å². The van der Waals surface area contributed by atoms with Gasteiger partial charge in [-0.3, -0.25) is 0 Å². The van der Waals surface area contributed by atoms with Crippen LogP contribution < -0.4 is 24.8 Å². The molecule has 32 heavy (non-hydrogen) atoms. The minimum absolute atomic E-state index is 0. The van der Waals surface area contributed by atoms with Gasteiger partial charge in [-0.05, 0) is 46.2 Å². The van der Waals surface area contributed by atoms with Crippen LogP contribution in [-0.2, 0) is 39.0 Å². The largest absolute Gasteiger partial charge is 3.00 e. The van der Waals surface area contributed by atoms with E-state index in [4.69, 9.17) is 0 Å². The molecule has 157 valence electrons. The van der Waals surface area contributed by atoms with Crippen LogP contribution in [0.1, 0.15) is 46.7 Å². The Kier molecular flexibility index (Phi) is 7.77. The molecule has 0 aromatic heterocycles. The van der Waals surface area contributed by atoms with Gasteiger partial charge in [0.05, 0.1) is 0 Å². The first-order valence-corrected chi connectivity index (χ1v) is 10.6. The van der Waals surface area contributed by atoms with Gasteiger partial charge < -0.3 is 24.8 Å². The van der Waals surface area contributed by atoms with Gasteiger partial charge in [0.2, 0.25) is 0 Å². The maximum atomic E-state index is 2.44. The van der Waals surface area contributed by atoms with E-state index < -0.39 is 0 Å². The first kappa shape index (κ1) is 24.8. The summed E-state index contributed by atoms with van der Waals surface area (Å²) in [6.07, 6.45) is 3.13. The molecule has 1 radical (unpaired) electrons. The molecule has 0 heterocycles. The Hall–Kier alpha value is -1.79. The molecule has 4 aromatic carbocycles. The van der Waals surface area contributed by atoms with Crippen LogP contribution in [-0.4, -0.2) is 0 Å². The molecule has 2 aliphatic carbocycles. The summed E-state index contributed by atoms with van der Waals surface area (Å²) in [5.74, 6) is 1.47. The van der Waals surface area contributed by atoms with Crippen molar-refractivity contribution in [1.82, 2.24) is 0 Å². The molecule has 0 atom stereocenters. The Morgan fingerprint density at radius 1 is 0.625 bits per heavy atom. The van der Waals surface area contributed by atoms with Gasteiger partial charge in [-0.15, -0.1) is 35.2 Å². The van der Waals surface area contributed by atoms with E-state index in [2.05, 4.69) is 91.9 Å². The van der Waals surface area contributed by atoms with Crippen LogP contribution in [0.3, 0.4) is 0 Å². The summed E-state index contributed by atoms with van der Waals surface area (Å²) >= 11 is 0. The summed E-state index contributed by atoms with van der Waals surface area (Å²) in [6, 6.07) is 31.6. The molecule has 6 rings (SSSR count). The zero-order valence-electron chi connectivity index (χ0n) is 18.0. The van der Waals surface area contributed by atoms with Crippen LogP contribution in [0.25, 0.3) is 22.3 Å². The average Bonchev–Trinajstić information content (AvgIpc) is 3.32. The summed E-state index contributed by atoms with van der Waals surface area (Å²) in [7, 11) is 0. The maximum absolute atomic E-state index is 2.44. The van der Waals surface area contributed by atoms with Gasteiger partial charge in [-0.1, -0.05) is 91.2 Å². The van der Waals surface area contributed by atoms with E-state index in [1.165, 1.54) is 61.6 Å². The second kappa shape index (κ2) is 10.0. The number of hydrogen-bond acceptors (Lipinski definition) is 0. The van der Waals surface area contributed by atoms with E-state index in [1.807, 2.05) is 0 Å². The minimum atomic E-state index is 0. The van der Waals surface area contributed by atoms with E-state index >= 15 is 0 Å². The normalized spacial score (nSPS) is 11.7. The van der Waals surface area contributed by atoms with Crippen molar-refractivity contribution in [3.8, 4) is 22.3 Å². The van der Waals surface area contributed by atoms with Crippen molar-refractivity contribution in [3.63, 3.8) is 0 Å². The summed E-state index contributed by atoms with van der Waals surface area (Å²) in [5, 5.41) is 0. The fraction of sp³-hybridized carbons (Fsp3) is 0.138. The Labute approximate surface area is 222 Å². The van der Waals surface area contributed by atoms with Gasteiger partial charge >= 0.3 is 26.2 Å². The number of fused-ring (bicyclic) bond motifs is 6. The third kappa shape index (κ3) is 3.90. The molecule has 0 spiro atoms. The number of halogens is 2. The van der Waals surface area contributed by atoms with Crippen molar-refractivity contribution >= 4 is 0 Å². The van der Waals surface area contributed by atoms with Crippen LogP contribution in [0.2, 0.25) is 0 Å². The zero-order chi connectivity index (χ0) is 19.4. The summed E-state index contributed by atoms with van der Waals surface area (Å²) < 4.78 is 0. The van der Waals surface area contributed by atoms with E-state index in [9.17, 15) is 0 Å². The standard InChI is InChI=1S/C29H23.2ClH.Zr/c1-2-23(21-14-15-26-22(17-21)16-19-8-3-5-10-24(19)26)27-12-7-13-28-25-11-6-4-9-20(25)18-29(27)28;;;/h3-15,17H,2,16,18H2,1H3;2*1H;/q-1;;;+3/p-2. The summed E-state index contributed by atoms with van der Waals surface area (Å²) in [5.41, 5.74) is 14.3. The van der Waals surface area contributed by atoms with Crippen LogP contribution in [0.15, 0.2) is 84.9 Å². The second-order valence-corrected chi connectivity index (χ2v) is 8.20. The van der Waals surface area contributed by atoms with Gasteiger partial charge in [0.25, 0.3) is 0 Å². The van der Waals surface area contributed by atoms with Crippen molar-refractivity contribution in [2.45, 2.75) is 26.2 Å². The minimum Gasteiger partial charge on any atom is -1.00 e. The van der Waals surface area contributed by atoms with Crippen LogP contribution in [0, 0.1) is 5.92 Å². The Bertz CT molecular complexity index is 1260. The first-order chi connectivity index (χ1) is 14.3. The van der Waals surface area contributed by atoms with Crippen molar-refractivity contribution in [2.75, 3.05) is 0 Å². The predicted octanol–water partition coefficient (Wildman–Crippen LogP) is 1.22. The molecule has 0 saturated heterocycles. The number of benzene rings is 4. The van der Waals surface area contributed by atoms with Crippen LogP contribution in [0.5, 0.6) is 0 Å². The van der Waals surface area contributed by atoms with Crippen molar-refractivity contribution in [2.24, 2.45) is 0 Å². The molecular formula is C29H23Cl2Zr. The molecule has 0 aliphatic heterocycles.